The van der Waals surface area contributed by atoms with Gasteiger partial charge in [-0.15, -0.1) is 0 Å². The van der Waals surface area contributed by atoms with E-state index in [1.54, 1.807) is 0 Å². The van der Waals surface area contributed by atoms with Crippen LogP contribution in [-0.4, -0.2) is 0 Å². The van der Waals surface area contributed by atoms with Crippen LogP contribution >= 0.6 is 0 Å². The van der Waals surface area contributed by atoms with Gasteiger partial charge in [0.15, 0.2) is 0 Å². The van der Waals surface area contributed by atoms with Gasteiger partial charge in [-0.1, -0.05) is 54.6 Å². The second kappa shape index (κ2) is 17.8. The molecular formula is C18H21Br3N3-3. The predicted octanol–water partition coefficient (Wildman–Crippen LogP) is -5.18. The molecule has 0 aliphatic heterocycles. The summed E-state index contributed by atoms with van der Waals surface area (Å²) in [6.07, 6.45) is 0. The Morgan fingerprint density at radius 3 is 0.583 bits per heavy atom. The second-order valence-electron chi connectivity index (χ2n) is 4.23. The minimum absolute atomic E-state index is 0. The van der Waals surface area contributed by atoms with E-state index in [1.807, 2.05) is 91.0 Å². The number of nitrogens with two attached hydrogens (primary N) is 3. The molecule has 0 atom stereocenters. The molecule has 0 saturated carbocycles. The first-order chi connectivity index (χ1) is 10.2. The Hall–Kier alpha value is -1.50. The van der Waals surface area contributed by atoms with E-state index in [-0.39, 0.29) is 50.9 Å². The highest BCUT2D eigenvalue weighted by Crippen LogP contribution is 1.97. The van der Waals surface area contributed by atoms with Gasteiger partial charge in [0.1, 0.15) is 0 Å². The predicted molar refractivity (Wildman–Crippen MR) is 92.6 cm³/mol. The zero-order chi connectivity index (χ0) is 15.3. The Balaban J connectivity index is -0.000000259. The van der Waals surface area contributed by atoms with Gasteiger partial charge in [0.2, 0.25) is 0 Å². The smallest absolute Gasteiger partial charge is 0.0313 e. The third-order valence-electron chi connectivity index (χ3n) is 2.40. The number of rotatable bonds is 0. The lowest BCUT2D eigenvalue weighted by atomic mass is 10.3. The SMILES string of the molecule is Nc1ccccc1.Nc1ccccc1.Nc1ccccc1.[Br-].[Br-].[Br-]. The van der Waals surface area contributed by atoms with Crippen LogP contribution in [0.5, 0.6) is 0 Å². The molecule has 0 spiro atoms. The van der Waals surface area contributed by atoms with Crippen molar-refractivity contribution < 1.29 is 50.9 Å². The van der Waals surface area contributed by atoms with Crippen molar-refractivity contribution >= 4 is 17.1 Å². The summed E-state index contributed by atoms with van der Waals surface area (Å²) in [5.74, 6) is 0. The van der Waals surface area contributed by atoms with E-state index < -0.39 is 0 Å². The minimum Gasteiger partial charge on any atom is -1.00 e. The third kappa shape index (κ3) is 15.4. The monoisotopic (exact) mass is 516 g/mol. The summed E-state index contributed by atoms with van der Waals surface area (Å²) < 4.78 is 0. The lowest BCUT2D eigenvalue weighted by molar-refractivity contribution is -0.00100. The van der Waals surface area contributed by atoms with Gasteiger partial charge in [-0.2, -0.15) is 0 Å². The molecule has 0 radical (unpaired) electrons. The maximum Gasteiger partial charge on any atom is 0.0313 e. The first-order valence-electron chi connectivity index (χ1n) is 6.60. The van der Waals surface area contributed by atoms with Crippen LogP contribution in [0, 0.1) is 0 Å². The Morgan fingerprint density at radius 1 is 0.333 bits per heavy atom. The fraction of sp³-hybridized carbons (Fsp3) is 0. The number of anilines is 3. The molecule has 0 aliphatic carbocycles. The molecule has 0 saturated heterocycles. The van der Waals surface area contributed by atoms with Gasteiger partial charge in [-0.05, 0) is 36.4 Å². The van der Waals surface area contributed by atoms with Crippen molar-refractivity contribution in [2.75, 3.05) is 17.2 Å². The van der Waals surface area contributed by atoms with Gasteiger partial charge in [0, 0.05) is 17.1 Å². The van der Waals surface area contributed by atoms with Crippen molar-refractivity contribution in [3.05, 3.63) is 91.0 Å². The van der Waals surface area contributed by atoms with E-state index in [9.17, 15) is 0 Å². The zero-order valence-electron chi connectivity index (χ0n) is 13.0. The first-order valence-corrected chi connectivity index (χ1v) is 6.60. The Bertz CT molecular complexity index is 505. The molecule has 0 aromatic heterocycles. The summed E-state index contributed by atoms with van der Waals surface area (Å²) in [5, 5.41) is 0. The molecule has 6 N–H and O–H groups in total. The van der Waals surface area contributed by atoms with E-state index in [4.69, 9.17) is 17.2 Å². The molecule has 0 bridgehead atoms. The average Bonchev–Trinajstić information content (AvgIpc) is 2.51. The van der Waals surface area contributed by atoms with E-state index >= 15 is 0 Å². The topological polar surface area (TPSA) is 78.1 Å². The molecule has 3 aromatic rings. The lowest BCUT2D eigenvalue weighted by Crippen LogP contribution is -3.00. The quantitative estimate of drug-likeness (QED) is 0.260. The Morgan fingerprint density at radius 2 is 0.500 bits per heavy atom. The highest BCUT2D eigenvalue weighted by molar-refractivity contribution is 5.37. The molecule has 24 heavy (non-hydrogen) atoms. The largest absolute Gasteiger partial charge is 1.00 e. The zero-order valence-corrected chi connectivity index (χ0v) is 17.8. The van der Waals surface area contributed by atoms with Crippen molar-refractivity contribution in [3.63, 3.8) is 0 Å². The van der Waals surface area contributed by atoms with Crippen LogP contribution in [0.4, 0.5) is 17.1 Å². The summed E-state index contributed by atoms with van der Waals surface area (Å²) in [6.45, 7) is 0. The highest BCUT2D eigenvalue weighted by Gasteiger charge is 1.73. The molecule has 6 heteroatoms. The van der Waals surface area contributed by atoms with E-state index in [1.165, 1.54) is 0 Å². The Labute approximate surface area is 175 Å². The van der Waals surface area contributed by atoms with Gasteiger partial charge in [-0.25, -0.2) is 0 Å². The number of hydrogen-bond acceptors (Lipinski definition) is 3. The van der Waals surface area contributed by atoms with Gasteiger partial charge < -0.3 is 68.1 Å². The van der Waals surface area contributed by atoms with Gasteiger partial charge >= 0.3 is 0 Å². The van der Waals surface area contributed by atoms with Crippen molar-refractivity contribution in [1.82, 2.24) is 0 Å². The number of para-hydroxylation sites is 3. The normalized spacial score (nSPS) is 7.50. The number of benzene rings is 3. The maximum atomic E-state index is 5.36. The minimum atomic E-state index is 0. The van der Waals surface area contributed by atoms with Crippen molar-refractivity contribution in [2.24, 2.45) is 0 Å². The molecule has 0 fully saturated rings. The molecule has 3 aromatic carbocycles. The fourth-order valence-corrected chi connectivity index (χ4v) is 1.36. The van der Waals surface area contributed by atoms with Gasteiger partial charge in [0.25, 0.3) is 0 Å². The average molecular weight is 519 g/mol. The van der Waals surface area contributed by atoms with Crippen LogP contribution in [0.1, 0.15) is 0 Å². The summed E-state index contributed by atoms with van der Waals surface area (Å²) in [7, 11) is 0. The number of halogens is 3. The Kier molecular flexibility index (Phi) is 20.3. The van der Waals surface area contributed by atoms with Crippen LogP contribution in [-0.2, 0) is 0 Å². The first kappa shape index (κ1) is 27.4. The maximum absolute atomic E-state index is 5.36. The summed E-state index contributed by atoms with van der Waals surface area (Å²) in [4.78, 5) is 0. The van der Waals surface area contributed by atoms with Gasteiger partial charge in [0.05, 0.1) is 0 Å². The molecule has 0 heterocycles. The van der Waals surface area contributed by atoms with Crippen LogP contribution in [0.2, 0.25) is 0 Å². The van der Waals surface area contributed by atoms with Crippen molar-refractivity contribution in [1.29, 1.82) is 0 Å². The lowest BCUT2D eigenvalue weighted by Gasteiger charge is -1.83. The number of hydrogen-bond donors (Lipinski definition) is 3. The third-order valence-corrected chi connectivity index (χ3v) is 2.40. The van der Waals surface area contributed by atoms with Crippen LogP contribution in [0.3, 0.4) is 0 Å². The highest BCUT2D eigenvalue weighted by atomic mass is 79.9. The molecule has 3 nitrogen and oxygen atoms in total. The van der Waals surface area contributed by atoms with Crippen LogP contribution in [0.25, 0.3) is 0 Å². The molecule has 0 aliphatic rings. The summed E-state index contributed by atoms with van der Waals surface area (Å²) in [5.41, 5.74) is 18.5. The van der Waals surface area contributed by atoms with Gasteiger partial charge in [-0.3, -0.25) is 0 Å². The standard InChI is InChI=1S/3C6H7N.3BrH/c3*7-6-4-2-1-3-5-6;;;/h3*1-5H,7H2;3*1H/p-3. The molecule has 132 valence electrons. The molecular weight excluding hydrogens is 498 g/mol. The van der Waals surface area contributed by atoms with E-state index in [0.29, 0.717) is 0 Å². The van der Waals surface area contributed by atoms with E-state index in [0.717, 1.165) is 17.1 Å². The molecule has 3 rings (SSSR count). The molecule has 0 amide bonds. The van der Waals surface area contributed by atoms with Crippen molar-refractivity contribution in [2.45, 2.75) is 0 Å². The summed E-state index contributed by atoms with van der Waals surface area (Å²) in [6, 6.07) is 28.5. The van der Waals surface area contributed by atoms with Crippen molar-refractivity contribution in [3.8, 4) is 0 Å². The fourth-order valence-electron chi connectivity index (χ4n) is 1.36. The van der Waals surface area contributed by atoms with Crippen LogP contribution in [0.15, 0.2) is 91.0 Å². The summed E-state index contributed by atoms with van der Waals surface area (Å²) >= 11 is 0. The van der Waals surface area contributed by atoms with E-state index in [2.05, 4.69) is 0 Å². The second-order valence-corrected chi connectivity index (χ2v) is 4.23. The number of nitrogen functional groups attached to an aromatic ring is 3. The molecule has 0 unspecified atom stereocenters. The van der Waals surface area contributed by atoms with Crippen LogP contribution < -0.4 is 68.1 Å².